The predicted octanol–water partition coefficient (Wildman–Crippen LogP) is -0.948. The number of rotatable bonds is 4. The molecule has 1 N–H and O–H groups in total. The molecule has 1 amide bonds. The van der Waals surface area contributed by atoms with Crippen molar-refractivity contribution in [1.82, 2.24) is 9.62 Å². The van der Waals surface area contributed by atoms with Gasteiger partial charge in [-0.1, -0.05) is 0 Å². The molecule has 0 aromatic rings. The zero-order chi connectivity index (χ0) is 11.3. The van der Waals surface area contributed by atoms with E-state index in [1.54, 1.807) is 4.90 Å². The summed E-state index contributed by atoms with van der Waals surface area (Å²) in [7, 11) is -3.61. The summed E-state index contributed by atoms with van der Waals surface area (Å²) in [5, 5.41) is 8.21. The number of nitrogens with zero attached hydrogens (tertiary/aromatic N) is 2. The highest BCUT2D eigenvalue weighted by molar-refractivity contribution is 7.89. The number of amides is 1. The van der Waals surface area contributed by atoms with E-state index < -0.39 is 15.8 Å². The number of sulfonamides is 1. The summed E-state index contributed by atoms with van der Waals surface area (Å²) in [6.07, 6.45) is 1.94. The molecular weight excluding hydrogens is 218 g/mol. The molecule has 0 aromatic carbocycles. The maximum atomic E-state index is 11.4. The lowest BCUT2D eigenvalue weighted by atomic mass is 10.4. The SMILES string of the molecule is N#CCS(=O)(=O)NCC(=O)N1CCCC1. The molecule has 1 heterocycles. The van der Waals surface area contributed by atoms with E-state index in [0.717, 1.165) is 12.8 Å². The fourth-order valence-corrected chi connectivity index (χ4v) is 2.00. The number of hydrogen-bond donors (Lipinski definition) is 1. The molecule has 1 rings (SSSR count). The van der Waals surface area contributed by atoms with E-state index in [4.69, 9.17) is 5.26 Å². The minimum absolute atomic E-state index is 0.228. The second-order valence-electron chi connectivity index (χ2n) is 3.33. The third-order valence-electron chi connectivity index (χ3n) is 2.16. The van der Waals surface area contributed by atoms with Crippen LogP contribution in [0.5, 0.6) is 0 Å². The molecule has 15 heavy (non-hydrogen) atoms. The van der Waals surface area contributed by atoms with Gasteiger partial charge in [0.2, 0.25) is 15.9 Å². The summed E-state index contributed by atoms with van der Waals surface area (Å²) in [6, 6.07) is 1.53. The molecule has 6 nitrogen and oxygen atoms in total. The Morgan fingerprint density at radius 3 is 2.53 bits per heavy atom. The van der Waals surface area contributed by atoms with E-state index in [1.807, 2.05) is 0 Å². The van der Waals surface area contributed by atoms with Crippen LogP contribution in [0.15, 0.2) is 0 Å². The van der Waals surface area contributed by atoms with Crippen LogP contribution >= 0.6 is 0 Å². The van der Waals surface area contributed by atoms with Crippen LogP contribution in [0.1, 0.15) is 12.8 Å². The van der Waals surface area contributed by atoms with E-state index >= 15 is 0 Å². The minimum atomic E-state index is -3.61. The number of carbonyl (C=O) groups is 1. The van der Waals surface area contributed by atoms with Crippen molar-refractivity contribution in [3.8, 4) is 6.07 Å². The third kappa shape index (κ3) is 3.85. The van der Waals surface area contributed by atoms with Crippen LogP contribution in [0.25, 0.3) is 0 Å². The van der Waals surface area contributed by atoms with E-state index in [-0.39, 0.29) is 12.5 Å². The number of hydrogen-bond acceptors (Lipinski definition) is 4. The molecule has 1 aliphatic heterocycles. The number of carbonyl (C=O) groups excluding carboxylic acids is 1. The molecule has 0 aromatic heterocycles. The van der Waals surface area contributed by atoms with Gasteiger partial charge in [0, 0.05) is 13.1 Å². The molecule has 1 saturated heterocycles. The Morgan fingerprint density at radius 1 is 1.40 bits per heavy atom. The summed E-state index contributed by atoms with van der Waals surface area (Å²) in [6.45, 7) is 1.14. The smallest absolute Gasteiger partial charge is 0.237 e. The normalized spacial score (nSPS) is 16.3. The van der Waals surface area contributed by atoms with Crippen LogP contribution in [0.4, 0.5) is 0 Å². The van der Waals surface area contributed by atoms with Crippen molar-refractivity contribution in [2.45, 2.75) is 12.8 Å². The fraction of sp³-hybridized carbons (Fsp3) is 0.750. The first kappa shape index (κ1) is 11.9. The van der Waals surface area contributed by atoms with Gasteiger partial charge in [-0.15, -0.1) is 0 Å². The van der Waals surface area contributed by atoms with E-state index in [0.29, 0.717) is 13.1 Å². The number of likely N-dealkylation sites (tertiary alicyclic amines) is 1. The van der Waals surface area contributed by atoms with Crippen molar-refractivity contribution < 1.29 is 13.2 Å². The van der Waals surface area contributed by atoms with Crippen molar-refractivity contribution in [3.63, 3.8) is 0 Å². The first-order valence-electron chi connectivity index (χ1n) is 4.67. The van der Waals surface area contributed by atoms with Gasteiger partial charge in [-0.25, -0.2) is 13.1 Å². The second-order valence-corrected chi connectivity index (χ2v) is 5.13. The Bertz CT molecular complexity index is 365. The lowest BCUT2D eigenvalue weighted by molar-refractivity contribution is -0.128. The molecule has 0 aliphatic carbocycles. The summed E-state index contributed by atoms with van der Waals surface area (Å²) in [5.74, 6) is -0.839. The molecule has 1 aliphatic rings. The molecule has 0 saturated carbocycles. The minimum Gasteiger partial charge on any atom is -0.342 e. The van der Waals surface area contributed by atoms with Crippen LogP contribution in [-0.2, 0) is 14.8 Å². The molecule has 0 radical (unpaired) electrons. The Kier molecular flexibility index (Phi) is 4.05. The average molecular weight is 231 g/mol. The lowest BCUT2D eigenvalue weighted by Crippen LogP contribution is -2.39. The molecule has 0 atom stereocenters. The molecule has 84 valence electrons. The highest BCUT2D eigenvalue weighted by Crippen LogP contribution is 2.06. The monoisotopic (exact) mass is 231 g/mol. The van der Waals surface area contributed by atoms with Gasteiger partial charge < -0.3 is 4.90 Å². The zero-order valence-electron chi connectivity index (χ0n) is 8.27. The van der Waals surface area contributed by atoms with Gasteiger partial charge in [0.15, 0.2) is 5.75 Å². The van der Waals surface area contributed by atoms with Crippen LogP contribution < -0.4 is 4.72 Å². The molecule has 7 heteroatoms. The topological polar surface area (TPSA) is 90.3 Å². The Hall–Kier alpha value is -1.13. The molecule has 0 bridgehead atoms. The van der Waals surface area contributed by atoms with E-state index in [1.165, 1.54) is 6.07 Å². The second kappa shape index (κ2) is 5.09. The van der Waals surface area contributed by atoms with Crippen LogP contribution in [0, 0.1) is 11.3 Å². The molecule has 1 fully saturated rings. The van der Waals surface area contributed by atoms with Crippen LogP contribution in [0.2, 0.25) is 0 Å². The lowest BCUT2D eigenvalue weighted by Gasteiger charge is -2.14. The summed E-state index contributed by atoms with van der Waals surface area (Å²) in [5.41, 5.74) is 0. The van der Waals surface area contributed by atoms with Gasteiger partial charge in [0.05, 0.1) is 12.6 Å². The van der Waals surface area contributed by atoms with Crippen molar-refractivity contribution in [2.75, 3.05) is 25.4 Å². The van der Waals surface area contributed by atoms with Gasteiger partial charge in [0.1, 0.15) is 0 Å². The molecular formula is C8H13N3O3S. The summed E-state index contributed by atoms with van der Waals surface area (Å²) < 4.78 is 24.2. The number of nitrogens with one attached hydrogen (secondary N) is 1. The summed E-state index contributed by atoms with van der Waals surface area (Å²) in [4.78, 5) is 13.0. The predicted molar refractivity (Wildman–Crippen MR) is 53.2 cm³/mol. The third-order valence-corrected chi connectivity index (χ3v) is 3.25. The Morgan fingerprint density at radius 2 is 2.00 bits per heavy atom. The maximum absolute atomic E-state index is 11.4. The molecule has 0 unspecified atom stereocenters. The van der Waals surface area contributed by atoms with Gasteiger partial charge in [-0.05, 0) is 12.8 Å². The van der Waals surface area contributed by atoms with Gasteiger partial charge >= 0.3 is 0 Å². The summed E-state index contributed by atoms with van der Waals surface area (Å²) >= 11 is 0. The van der Waals surface area contributed by atoms with E-state index in [2.05, 4.69) is 4.72 Å². The number of nitriles is 1. The van der Waals surface area contributed by atoms with E-state index in [9.17, 15) is 13.2 Å². The van der Waals surface area contributed by atoms with Crippen molar-refractivity contribution in [3.05, 3.63) is 0 Å². The Balaban J connectivity index is 2.37. The zero-order valence-corrected chi connectivity index (χ0v) is 9.09. The highest BCUT2D eigenvalue weighted by atomic mass is 32.2. The highest BCUT2D eigenvalue weighted by Gasteiger charge is 2.19. The van der Waals surface area contributed by atoms with Crippen molar-refractivity contribution in [2.24, 2.45) is 0 Å². The Labute approximate surface area is 88.9 Å². The van der Waals surface area contributed by atoms with Gasteiger partial charge in [-0.2, -0.15) is 5.26 Å². The van der Waals surface area contributed by atoms with Crippen LogP contribution in [0.3, 0.4) is 0 Å². The first-order chi connectivity index (χ1) is 7.05. The van der Waals surface area contributed by atoms with Gasteiger partial charge in [0.25, 0.3) is 0 Å². The molecule has 0 spiro atoms. The van der Waals surface area contributed by atoms with Crippen molar-refractivity contribution in [1.29, 1.82) is 5.26 Å². The quantitative estimate of drug-likeness (QED) is 0.675. The standard InChI is InChI=1S/C8H13N3O3S/c9-3-6-15(13,14)10-7-8(12)11-4-1-2-5-11/h10H,1-2,4-7H2. The van der Waals surface area contributed by atoms with Crippen LogP contribution in [-0.4, -0.2) is 44.6 Å². The largest absolute Gasteiger partial charge is 0.342 e. The average Bonchev–Trinajstić information content (AvgIpc) is 2.67. The fourth-order valence-electron chi connectivity index (χ4n) is 1.39. The van der Waals surface area contributed by atoms with Crippen molar-refractivity contribution >= 4 is 15.9 Å². The maximum Gasteiger partial charge on any atom is 0.237 e. The van der Waals surface area contributed by atoms with Gasteiger partial charge in [-0.3, -0.25) is 4.79 Å². The first-order valence-corrected chi connectivity index (χ1v) is 6.32.